The lowest BCUT2D eigenvalue weighted by Crippen LogP contribution is -2.41. The average molecular weight is 607 g/mol. The van der Waals surface area contributed by atoms with Crippen molar-refractivity contribution in [2.45, 2.75) is 36.3 Å². The van der Waals surface area contributed by atoms with Gasteiger partial charge in [0.1, 0.15) is 24.4 Å². The fourth-order valence-corrected chi connectivity index (χ4v) is 4.20. The Labute approximate surface area is 234 Å². The molecule has 0 fully saturated rings. The summed E-state index contributed by atoms with van der Waals surface area (Å²) in [6.45, 7) is 3.34. The molecule has 0 saturated heterocycles. The van der Waals surface area contributed by atoms with Crippen molar-refractivity contribution in [1.29, 1.82) is 0 Å². The second kappa shape index (κ2) is 12.0. The van der Waals surface area contributed by atoms with Gasteiger partial charge in [0.05, 0.1) is 6.26 Å². The highest BCUT2D eigenvalue weighted by Gasteiger charge is 2.26. The summed E-state index contributed by atoms with van der Waals surface area (Å²) in [5.41, 5.74) is 9.85. The van der Waals surface area contributed by atoms with Crippen molar-refractivity contribution < 1.29 is 27.2 Å². The van der Waals surface area contributed by atoms with Gasteiger partial charge in [0.25, 0.3) is 16.1 Å². The minimum atomic E-state index is -4.32. The van der Waals surface area contributed by atoms with Gasteiger partial charge in [0, 0.05) is 11.1 Å². The van der Waals surface area contributed by atoms with Crippen molar-refractivity contribution in [2.75, 3.05) is 11.9 Å². The fourth-order valence-electron chi connectivity index (χ4n) is 3.64. The third-order valence-corrected chi connectivity index (χ3v) is 6.22. The van der Waals surface area contributed by atoms with E-state index in [1.54, 1.807) is 42.7 Å². The summed E-state index contributed by atoms with van der Waals surface area (Å²) in [6.07, 6.45) is 0.392. The third kappa shape index (κ3) is 8.13. The molecule has 2 aromatic carbocycles. The molecule has 0 bridgehead atoms. The summed E-state index contributed by atoms with van der Waals surface area (Å²) < 4.78 is 33.7. The number of alkyl halides is 3. The molecule has 0 aliphatic carbocycles. The van der Waals surface area contributed by atoms with E-state index >= 15 is 0 Å². The van der Waals surface area contributed by atoms with Gasteiger partial charge >= 0.3 is 6.09 Å². The first-order valence-corrected chi connectivity index (χ1v) is 13.8. The number of carbonyl (C=O) groups excluding carboxylic acids is 2. The molecule has 2 unspecified atom stereocenters. The molecule has 206 valence electrons. The molecule has 2 atom stereocenters. The molecule has 0 aliphatic heterocycles. The van der Waals surface area contributed by atoms with Gasteiger partial charge in [-0.25, -0.2) is 14.7 Å². The van der Waals surface area contributed by atoms with Crippen molar-refractivity contribution in [2.24, 2.45) is 10.9 Å². The number of rotatable bonds is 9. The molecule has 7 N–H and O–H groups in total. The van der Waals surface area contributed by atoms with Crippen LogP contribution in [0, 0.1) is 6.92 Å². The number of furan rings is 1. The van der Waals surface area contributed by atoms with Crippen LogP contribution < -0.4 is 26.2 Å². The zero-order valence-corrected chi connectivity index (χ0v) is 23.3. The monoisotopic (exact) mass is 605 g/mol. The maximum atomic E-state index is 13.0. The SMILES string of the molecule is CCc1cc(C(Nc2ccc(C(N)NC(=O)OCC(Cl)(Cl)Cl)cc2)C(=O)NS(N)(=O)=O)cc2c(C)coc12. The number of ether oxygens (including phenoxy) is 1. The number of aryl methyl sites for hydroxylation is 2. The van der Waals surface area contributed by atoms with Crippen molar-refractivity contribution in [1.82, 2.24) is 10.0 Å². The van der Waals surface area contributed by atoms with Gasteiger partial charge in [-0.2, -0.15) is 8.42 Å². The predicted molar refractivity (Wildman–Crippen MR) is 146 cm³/mol. The molecule has 1 heterocycles. The van der Waals surface area contributed by atoms with Gasteiger partial charge in [-0.15, -0.1) is 0 Å². The van der Waals surface area contributed by atoms with E-state index < -0.39 is 44.8 Å². The predicted octanol–water partition coefficient (Wildman–Crippen LogP) is 3.83. The average Bonchev–Trinajstić information content (AvgIpc) is 3.20. The van der Waals surface area contributed by atoms with Gasteiger partial charge < -0.3 is 25.5 Å². The number of nitrogens with two attached hydrogens (primary N) is 2. The second-order valence-corrected chi connectivity index (χ2v) is 12.2. The van der Waals surface area contributed by atoms with Crippen molar-refractivity contribution in [3.63, 3.8) is 0 Å². The zero-order valence-electron chi connectivity index (χ0n) is 20.3. The van der Waals surface area contributed by atoms with Crippen molar-refractivity contribution in [3.05, 3.63) is 64.9 Å². The molecule has 0 saturated carbocycles. The molecule has 0 aliphatic rings. The number of nitrogens with one attached hydrogen (secondary N) is 3. The fraction of sp³-hybridized carbons (Fsp3) is 0.304. The quantitative estimate of drug-likeness (QED) is 0.180. The Morgan fingerprint density at radius 3 is 2.37 bits per heavy atom. The van der Waals surface area contributed by atoms with Gasteiger partial charge in [0.2, 0.25) is 3.79 Å². The number of anilines is 1. The Kier molecular flexibility index (Phi) is 9.39. The molecular weight excluding hydrogens is 581 g/mol. The van der Waals surface area contributed by atoms with E-state index in [0.717, 1.165) is 16.5 Å². The number of halogens is 3. The van der Waals surface area contributed by atoms with Crippen LogP contribution >= 0.6 is 34.8 Å². The molecular formula is C23H26Cl3N5O6S. The number of amides is 2. The number of benzene rings is 2. The molecule has 0 spiro atoms. The standard InChI is InChI=1S/C23H26Cl3N5O6S/c1-3-13-8-15(9-17-12(2)10-36-19(13)17)18(21(32)31-38(28,34)35)29-16-6-4-14(5-7-16)20(27)30-22(33)37-11-23(24,25)26/h4-10,18,20,29H,3,11,27H2,1-2H3,(H,30,33)(H,31,32)(H2,28,34,35). The Morgan fingerprint density at radius 1 is 1.13 bits per heavy atom. The number of hydrogen-bond acceptors (Lipinski definition) is 8. The molecule has 2 amide bonds. The number of hydrogen-bond donors (Lipinski definition) is 5. The van der Waals surface area contributed by atoms with E-state index in [9.17, 15) is 18.0 Å². The maximum absolute atomic E-state index is 13.0. The lowest BCUT2D eigenvalue weighted by atomic mass is 9.98. The van der Waals surface area contributed by atoms with Crippen LogP contribution in [0.3, 0.4) is 0 Å². The molecule has 0 radical (unpaired) electrons. The highest BCUT2D eigenvalue weighted by molar-refractivity contribution is 7.87. The van der Waals surface area contributed by atoms with Crippen LogP contribution in [0.25, 0.3) is 11.0 Å². The van der Waals surface area contributed by atoms with E-state index in [2.05, 4.69) is 10.6 Å². The van der Waals surface area contributed by atoms with Crippen LogP contribution in [0.5, 0.6) is 0 Å². The van der Waals surface area contributed by atoms with Crippen LogP contribution in [-0.4, -0.2) is 30.8 Å². The Hall–Kier alpha value is -2.74. The largest absolute Gasteiger partial charge is 0.464 e. The minimum Gasteiger partial charge on any atom is -0.464 e. The van der Waals surface area contributed by atoms with Gasteiger partial charge in [0.15, 0.2) is 0 Å². The van der Waals surface area contributed by atoms with Crippen LogP contribution in [0.2, 0.25) is 0 Å². The highest BCUT2D eigenvalue weighted by atomic mass is 35.6. The lowest BCUT2D eigenvalue weighted by Gasteiger charge is -2.21. The molecule has 1 aromatic heterocycles. The van der Waals surface area contributed by atoms with E-state index in [-0.39, 0.29) is 0 Å². The summed E-state index contributed by atoms with van der Waals surface area (Å²) in [6, 6.07) is 8.78. The summed E-state index contributed by atoms with van der Waals surface area (Å²) in [5, 5.41) is 11.3. The summed E-state index contributed by atoms with van der Waals surface area (Å²) in [7, 11) is -4.32. The molecule has 3 rings (SSSR count). The van der Waals surface area contributed by atoms with E-state index in [0.29, 0.717) is 28.8 Å². The molecule has 15 heteroatoms. The Balaban J connectivity index is 1.85. The van der Waals surface area contributed by atoms with Gasteiger partial charge in [-0.1, -0.05) is 53.9 Å². The van der Waals surface area contributed by atoms with E-state index in [1.807, 2.05) is 18.6 Å². The van der Waals surface area contributed by atoms with Crippen molar-refractivity contribution >= 4 is 73.7 Å². The van der Waals surface area contributed by atoms with Crippen LogP contribution in [0.15, 0.2) is 47.1 Å². The lowest BCUT2D eigenvalue weighted by molar-refractivity contribution is -0.120. The zero-order chi connectivity index (χ0) is 28.3. The topological polar surface area (TPSA) is 179 Å². The molecule has 38 heavy (non-hydrogen) atoms. The normalized spacial score (nSPS) is 13.6. The first-order valence-electron chi connectivity index (χ1n) is 11.1. The summed E-state index contributed by atoms with van der Waals surface area (Å²) >= 11 is 16.7. The number of alkyl carbamates (subject to hydrolysis) is 1. The smallest absolute Gasteiger partial charge is 0.408 e. The summed E-state index contributed by atoms with van der Waals surface area (Å²) in [4.78, 5) is 24.9. The highest BCUT2D eigenvalue weighted by Crippen LogP contribution is 2.31. The van der Waals surface area contributed by atoms with E-state index in [1.165, 1.54) is 0 Å². The van der Waals surface area contributed by atoms with Gasteiger partial charge in [-0.3, -0.25) is 4.79 Å². The van der Waals surface area contributed by atoms with Crippen LogP contribution in [0.1, 0.15) is 41.4 Å². The minimum absolute atomic E-state index is 0.455. The summed E-state index contributed by atoms with van der Waals surface area (Å²) in [5.74, 6) is -0.880. The Morgan fingerprint density at radius 2 is 1.79 bits per heavy atom. The van der Waals surface area contributed by atoms with Gasteiger partial charge in [-0.05, 0) is 59.9 Å². The van der Waals surface area contributed by atoms with Crippen LogP contribution in [-0.2, 0) is 26.2 Å². The number of fused-ring (bicyclic) bond motifs is 1. The number of carbonyl (C=O) groups is 2. The molecule has 11 nitrogen and oxygen atoms in total. The first kappa shape index (κ1) is 29.8. The first-order chi connectivity index (χ1) is 17.7. The maximum Gasteiger partial charge on any atom is 0.408 e. The molecule has 3 aromatic rings. The van der Waals surface area contributed by atoms with E-state index in [4.69, 9.17) is 54.8 Å². The third-order valence-electron chi connectivity index (χ3n) is 5.41. The second-order valence-electron chi connectivity index (χ2n) is 8.35. The Bertz CT molecular complexity index is 1420. The van der Waals surface area contributed by atoms with Crippen molar-refractivity contribution in [3.8, 4) is 0 Å². The van der Waals surface area contributed by atoms with Crippen LogP contribution in [0.4, 0.5) is 10.5 Å².